The van der Waals surface area contributed by atoms with E-state index in [0.717, 1.165) is 45.2 Å². The van der Waals surface area contributed by atoms with Crippen molar-refractivity contribution in [1.29, 1.82) is 0 Å². The van der Waals surface area contributed by atoms with Gasteiger partial charge in [-0.25, -0.2) is 0 Å². The fourth-order valence-corrected chi connectivity index (χ4v) is 5.06. The summed E-state index contributed by atoms with van der Waals surface area (Å²) in [5.74, 6) is 0.0201. The van der Waals surface area contributed by atoms with E-state index in [2.05, 4.69) is 41.0 Å². The number of hydrogen-bond donors (Lipinski definition) is 0. The van der Waals surface area contributed by atoms with Gasteiger partial charge in [-0.3, -0.25) is 19.8 Å². The minimum Gasteiger partial charge on any atom is -0.490 e. The van der Waals surface area contributed by atoms with Crippen LogP contribution in [0.1, 0.15) is 36.8 Å². The number of anilines is 1. The van der Waals surface area contributed by atoms with Crippen LogP contribution in [-0.2, 0) is 11.0 Å². The van der Waals surface area contributed by atoms with Gasteiger partial charge in [-0.1, -0.05) is 12.1 Å². The Morgan fingerprint density at radius 3 is 2.39 bits per heavy atom. The Morgan fingerprint density at radius 2 is 1.76 bits per heavy atom. The fourth-order valence-electron chi connectivity index (χ4n) is 5.06. The number of alkyl halides is 3. The van der Waals surface area contributed by atoms with E-state index < -0.39 is 22.4 Å². The molecule has 4 rings (SSSR count). The number of benzene rings is 2. The van der Waals surface area contributed by atoms with E-state index in [4.69, 9.17) is 4.74 Å². The lowest BCUT2D eigenvalue weighted by molar-refractivity contribution is -0.388. The molecule has 2 fully saturated rings. The summed E-state index contributed by atoms with van der Waals surface area (Å²) < 4.78 is 45.3. The number of piperazine rings is 1. The number of ether oxygens (including phenoxy) is 1. The molecule has 0 aromatic heterocycles. The van der Waals surface area contributed by atoms with Gasteiger partial charge < -0.3 is 14.5 Å². The third-order valence-corrected chi connectivity index (χ3v) is 7.17. The Hall–Kier alpha value is -3.34. The highest BCUT2D eigenvalue weighted by Crippen LogP contribution is 2.38. The number of likely N-dealkylation sites (tertiary alicyclic amines) is 1. The molecule has 2 heterocycles. The molecule has 0 spiro atoms. The molecule has 0 radical (unpaired) electrons. The Balaban J connectivity index is 1.17. The minimum atomic E-state index is -4.86. The van der Waals surface area contributed by atoms with Gasteiger partial charge in [0.25, 0.3) is 5.69 Å². The van der Waals surface area contributed by atoms with Crippen LogP contribution in [0.25, 0.3) is 0 Å². The van der Waals surface area contributed by atoms with Gasteiger partial charge in [-0.15, -0.1) is 0 Å². The number of rotatable bonds is 8. The van der Waals surface area contributed by atoms with E-state index in [1.807, 2.05) is 0 Å². The standard InChI is InChI=1S/C27H33F3N4O4/c1-20-4-2-5-21(18-20)32-16-14-31(15-17-32)11-3-6-26(35)33-12-9-22(10-13-33)38-23-7-8-25(34(36)37)24(19-23)27(28,29)30/h2,4-5,7-8,18-19,22H,3,6,9-17H2,1H3. The van der Waals surface area contributed by atoms with Gasteiger partial charge in [0.05, 0.1) is 4.92 Å². The zero-order valence-corrected chi connectivity index (χ0v) is 21.5. The molecule has 2 aliphatic rings. The molecule has 0 aliphatic carbocycles. The van der Waals surface area contributed by atoms with Crippen LogP contribution in [0.2, 0.25) is 0 Å². The highest BCUT2D eigenvalue weighted by Gasteiger charge is 2.39. The molecular formula is C27H33F3N4O4. The third kappa shape index (κ3) is 7.15. The lowest BCUT2D eigenvalue weighted by Crippen LogP contribution is -2.47. The first-order valence-corrected chi connectivity index (χ1v) is 12.9. The van der Waals surface area contributed by atoms with Crippen LogP contribution < -0.4 is 9.64 Å². The van der Waals surface area contributed by atoms with Crippen molar-refractivity contribution in [3.8, 4) is 5.75 Å². The average Bonchev–Trinajstić information content (AvgIpc) is 2.89. The molecule has 2 aromatic rings. The van der Waals surface area contributed by atoms with Gasteiger partial charge in [0.15, 0.2) is 0 Å². The summed E-state index contributed by atoms with van der Waals surface area (Å²) in [4.78, 5) is 29.1. The summed E-state index contributed by atoms with van der Waals surface area (Å²) in [6.45, 7) is 7.75. The summed E-state index contributed by atoms with van der Waals surface area (Å²) in [6, 6.07) is 11.2. The number of aryl methyl sites for hydroxylation is 1. The molecule has 2 saturated heterocycles. The lowest BCUT2D eigenvalue weighted by atomic mass is 10.1. The second-order valence-corrected chi connectivity index (χ2v) is 9.90. The molecule has 11 heteroatoms. The summed E-state index contributed by atoms with van der Waals surface area (Å²) in [7, 11) is 0. The smallest absolute Gasteiger partial charge is 0.423 e. The Labute approximate surface area is 220 Å². The van der Waals surface area contributed by atoms with Crippen molar-refractivity contribution in [2.24, 2.45) is 0 Å². The van der Waals surface area contributed by atoms with Crippen molar-refractivity contribution in [2.45, 2.75) is 44.9 Å². The summed E-state index contributed by atoms with van der Waals surface area (Å²) in [5.41, 5.74) is 0.171. The second kappa shape index (κ2) is 12.0. The number of amides is 1. The number of carbonyl (C=O) groups is 1. The zero-order valence-electron chi connectivity index (χ0n) is 21.5. The van der Waals surface area contributed by atoms with E-state index in [0.29, 0.717) is 38.4 Å². The van der Waals surface area contributed by atoms with Gasteiger partial charge in [-0.2, -0.15) is 13.2 Å². The summed E-state index contributed by atoms with van der Waals surface area (Å²) >= 11 is 0. The number of halogens is 3. The normalized spacial score (nSPS) is 17.5. The van der Waals surface area contributed by atoms with Crippen molar-refractivity contribution in [1.82, 2.24) is 9.80 Å². The number of piperidine rings is 1. The highest BCUT2D eigenvalue weighted by molar-refractivity contribution is 5.76. The number of hydrogen-bond acceptors (Lipinski definition) is 6. The molecule has 38 heavy (non-hydrogen) atoms. The number of nitro groups is 1. The van der Waals surface area contributed by atoms with Crippen LogP contribution in [0.15, 0.2) is 42.5 Å². The Bertz CT molecular complexity index is 1130. The Kier molecular flexibility index (Phi) is 8.76. The molecule has 206 valence electrons. The summed E-state index contributed by atoms with van der Waals surface area (Å²) in [6.07, 6.45) is -2.99. The van der Waals surface area contributed by atoms with Crippen LogP contribution in [0, 0.1) is 17.0 Å². The first-order chi connectivity index (χ1) is 18.1. The SMILES string of the molecule is Cc1cccc(N2CCN(CCCC(=O)N3CCC(Oc4ccc([N+](=O)[O-])c(C(F)(F)F)c4)CC3)CC2)c1. The molecular weight excluding hydrogens is 501 g/mol. The number of nitrogens with zero attached hydrogens (tertiary/aromatic N) is 4. The molecule has 2 aliphatic heterocycles. The maximum Gasteiger partial charge on any atom is 0.423 e. The second-order valence-electron chi connectivity index (χ2n) is 9.90. The highest BCUT2D eigenvalue weighted by atomic mass is 19.4. The summed E-state index contributed by atoms with van der Waals surface area (Å²) in [5, 5.41) is 10.9. The molecule has 0 unspecified atom stereocenters. The van der Waals surface area contributed by atoms with Crippen molar-refractivity contribution < 1.29 is 27.6 Å². The van der Waals surface area contributed by atoms with Gasteiger partial charge in [0.1, 0.15) is 17.4 Å². The van der Waals surface area contributed by atoms with Gasteiger partial charge in [-0.05, 0) is 49.7 Å². The average molecular weight is 535 g/mol. The number of nitro benzene ring substituents is 1. The monoisotopic (exact) mass is 534 g/mol. The first-order valence-electron chi connectivity index (χ1n) is 12.9. The predicted molar refractivity (Wildman–Crippen MR) is 137 cm³/mol. The topological polar surface area (TPSA) is 79.2 Å². The molecule has 0 N–H and O–H groups in total. The maximum absolute atomic E-state index is 13.2. The predicted octanol–water partition coefficient (Wildman–Crippen LogP) is 4.89. The number of carbonyl (C=O) groups excluding carboxylic acids is 1. The van der Waals surface area contributed by atoms with E-state index in [-0.39, 0.29) is 17.8 Å². The Morgan fingerprint density at radius 1 is 1.05 bits per heavy atom. The molecule has 2 aromatic carbocycles. The maximum atomic E-state index is 13.2. The minimum absolute atomic E-state index is 0.0600. The molecule has 1 amide bonds. The van der Waals surface area contributed by atoms with E-state index in [1.165, 1.54) is 17.3 Å². The fraction of sp³-hybridized carbons (Fsp3) is 0.519. The van der Waals surface area contributed by atoms with Crippen molar-refractivity contribution >= 4 is 17.3 Å². The van der Waals surface area contributed by atoms with Gasteiger partial charge in [0, 0.05) is 70.3 Å². The largest absolute Gasteiger partial charge is 0.490 e. The van der Waals surface area contributed by atoms with Crippen LogP contribution >= 0.6 is 0 Å². The molecule has 0 bridgehead atoms. The lowest BCUT2D eigenvalue weighted by Gasteiger charge is -2.36. The van der Waals surface area contributed by atoms with Crippen LogP contribution in [-0.4, -0.2) is 72.5 Å². The first kappa shape index (κ1) is 27.7. The van der Waals surface area contributed by atoms with E-state index in [9.17, 15) is 28.1 Å². The molecule has 8 nitrogen and oxygen atoms in total. The molecule has 0 atom stereocenters. The van der Waals surface area contributed by atoms with Crippen molar-refractivity contribution in [2.75, 3.05) is 50.7 Å². The van der Waals surface area contributed by atoms with E-state index >= 15 is 0 Å². The zero-order chi connectivity index (χ0) is 27.3. The van der Waals surface area contributed by atoms with Crippen molar-refractivity contribution in [3.05, 3.63) is 63.7 Å². The van der Waals surface area contributed by atoms with Crippen LogP contribution in [0.3, 0.4) is 0 Å². The van der Waals surface area contributed by atoms with Crippen LogP contribution in [0.4, 0.5) is 24.5 Å². The van der Waals surface area contributed by atoms with Gasteiger partial charge in [0.2, 0.25) is 5.91 Å². The van der Waals surface area contributed by atoms with Gasteiger partial charge >= 0.3 is 6.18 Å². The van der Waals surface area contributed by atoms with Crippen LogP contribution in [0.5, 0.6) is 5.75 Å². The quantitative estimate of drug-likeness (QED) is 0.354. The molecule has 0 saturated carbocycles. The van der Waals surface area contributed by atoms with E-state index in [1.54, 1.807) is 4.90 Å². The van der Waals surface area contributed by atoms with Crippen molar-refractivity contribution in [3.63, 3.8) is 0 Å². The third-order valence-electron chi connectivity index (χ3n) is 7.17.